The van der Waals surface area contributed by atoms with Crippen LogP contribution in [0, 0.1) is 26.7 Å². The van der Waals surface area contributed by atoms with Crippen molar-refractivity contribution < 1.29 is 4.74 Å². The van der Waals surface area contributed by atoms with Crippen LogP contribution in [0.2, 0.25) is 0 Å². The summed E-state index contributed by atoms with van der Waals surface area (Å²) in [6.07, 6.45) is 2.45. The molecule has 2 rings (SSSR count). The SMILES string of the molecule is COc1cc(C)c(C(N)C2CCCNC2)c(C)c1C. The molecule has 1 aliphatic heterocycles. The fourth-order valence-electron chi connectivity index (χ4n) is 3.21. The lowest BCUT2D eigenvalue weighted by molar-refractivity contribution is 0.324. The van der Waals surface area contributed by atoms with Crippen LogP contribution in [0.1, 0.15) is 41.1 Å². The summed E-state index contributed by atoms with van der Waals surface area (Å²) in [4.78, 5) is 0. The van der Waals surface area contributed by atoms with Crippen molar-refractivity contribution in [3.05, 3.63) is 28.3 Å². The lowest BCUT2D eigenvalue weighted by Crippen LogP contribution is -2.36. The van der Waals surface area contributed by atoms with Gasteiger partial charge < -0.3 is 15.8 Å². The van der Waals surface area contributed by atoms with Crippen molar-refractivity contribution in [2.24, 2.45) is 11.7 Å². The minimum Gasteiger partial charge on any atom is -0.496 e. The molecular weight excluding hydrogens is 236 g/mol. The number of methoxy groups -OCH3 is 1. The molecule has 1 aromatic rings. The van der Waals surface area contributed by atoms with Gasteiger partial charge in [0.2, 0.25) is 0 Å². The summed E-state index contributed by atoms with van der Waals surface area (Å²) in [5.41, 5.74) is 11.6. The lowest BCUT2D eigenvalue weighted by Gasteiger charge is -2.31. The van der Waals surface area contributed by atoms with E-state index in [1.54, 1.807) is 7.11 Å². The molecule has 0 aromatic heterocycles. The molecule has 3 nitrogen and oxygen atoms in total. The first-order valence-corrected chi connectivity index (χ1v) is 7.17. The second-order valence-electron chi connectivity index (χ2n) is 5.69. The number of aryl methyl sites for hydroxylation is 1. The summed E-state index contributed by atoms with van der Waals surface area (Å²) in [6, 6.07) is 2.24. The van der Waals surface area contributed by atoms with Gasteiger partial charge in [0.05, 0.1) is 7.11 Å². The molecule has 106 valence electrons. The van der Waals surface area contributed by atoms with E-state index in [9.17, 15) is 0 Å². The summed E-state index contributed by atoms with van der Waals surface area (Å²) < 4.78 is 5.43. The number of piperidine rings is 1. The van der Waals surface area contributed by atoms with E-state index in [1.807, 2.05) is 0 Å². The molecule has 2 unspecified atom stereocenters. The average Bonchev–Trinajstić information content (AvgIpc) is 2.43. The number of hydrogen-bond donors (Lipinski definition) is 2. The molecule has 1 saturated heterocycles. The topological polar surface area (TPSA) is 47.3 Å². The Hall–Kier alpha value is -1.06. The van der Waals surface area contributed by atoms with Crippen LogP contribution in [0.4, 0.5) is 0 Å². The molecule has 1 fully saturated rings. The van der Waals surface area contributed by atoms with E-state index in [0.717, 1.165) is 18.8 Å². The van der Waals surface area contributed by atoms with Crippen LogP contribution in [0.5, 0.6) is 5.75 Å². The molecule has 1 aliphatic rings. The number of nitrogens with two attached hydrogens (primary N) is 1. The van der Waals surface area contributed by atoms with E-state index in [0.29, 0.717) is 5.92 Å². The lowest BCUT2D eigenvalue weighted by atomic mass is 9.83. The van der Waals surface area contributed by atoms with E-state index in [4.69, 9.17) is 10.5 Å². The predicted octanol–water partition coefficient (Wildman–Crippen LogP) is 2.62. The van der Waals surface area contributed by atoms with E-state index < -0.39 is 0 Å². The van der Waals surface area contributed by atoms with Gasteiger partial charge >= 0.3 is 0 Å². The zero-order valence-corrected chi connectivity index (χ0v) is 12.5. The van der Waals surface area contributed by atoms with Gasteiger partial charge in [-0.15, -0.1) is 0 Å². The van der Waals surface area contributed by atoms with Crippen molar-refractivity contribution in [3.8, 4) is 5.75 Å². The third kappa shape index (κ3) is 2.77. The van der Waals surface area contributed by atoms with Crippen molar-refractivity contribution >= 4 is 0 Å². The van der Waals surface area contributed by atoms with Crippen LogP contribution in [0.25, 0.3) is 0 Å². The summed E-state index contributed by atoms with van der Waals surface area (Å²) in [7, 11) is 1.73. The van der Waals surface area contributed by atoms with Gasteiger partial charge in [0.15, 0.2) is 0 Å². The van der Waals surface area contributed by atoms with Crippen molar-refractivity contribution in [2.45, 2.75) is 39.7 Å². The highest BCUT2D eigenvalue weighted by molar-refractivity contribution is 5.49. The van der Waals surface area contributed by atoms with E-state index in [1.165, 1.54) is 35.1 Å². The molecule has 2 atom stereocenters. The van der Waals surface area contributed by atoms with Gasteiger partial charge in [-0.1, -0.05) is 0 Å². The van der Waals surface area contributed by atoms with Crippen LogP contribution >= 0.6 is 0 Å². The maximum atomic E-state index is 6.55. The first-order chi connectivity index (χ1) is 9.06. The Labute approximate surface area is 116 Å². The zero-order chi connectivity index (χ0) is 14.0. The molecule has 1 heterocycles. The van der Waals surface area contributed by atoms with Crippen molar-refractivity contribution in [2.75, 3.05) is 20.2 Å². The standard InChI is InChI=1S/C16H26N2O/c1-10-8-14(19-4)11(2)12(3)15(10)16(17)13-6-5-7-18-9-13/h8,13,16,18H,5-7,9,17H2,1-4H3. The minimum atomic E-state index is 0.123. The molecule has 1 aromatic carbocycles. The van der Waals surface area contributed by atoms with Crippen molar-refractivity contribution in [1.29, 1.82) is 0 Å². The van der Waals surface area contributed by atoms with Crippen LogP contribution in [-0.4, -0.2) is 20.2 Å². The number of nitrogens with one attached hydrogen (secondary N) is 1. The van der Waals surface area contributed by atoms with E-state index in [-0.39, 0.29) is 6.04 Å². The highest BCUT2D eigenvalue weighted by Crippen LogP contribution is 2.34. The van der Waals surface area contributed by atoms with Gasteiger partial charge in [0, 0.05) is 6.04 Å². The van der Waals surface area contributed by atoms with Crippen molar-refractivity contribution in [3.63, 3.8) is 0 Å². The predicted molar refractivity (Wildman–Crippen MR) is 79.7 cm³/mol. The highest BCUT2D eigenvalue weighted by Gasteiger charge is 2.25. The molecule has 0 amide bonds. The van der Waals surface area contributed by atoms with Crippen LogP contribution in [0.15, 0.2) is 6.07 Å². The Morgan fingerprint density at radius 2 is 2.05 bits per heavy atom. The number of rotatable bonds is 3. The number of benzene rings is 1. The van der Waals surface area contributed by atoms with Gasteiger partial charge in [0.25, 0.3) is 0 Å². The van der Waals surface area contributed by atoms with Gasteiger partial charge in [-0.25, -0.2) is 0 Å². The van der Waals surface area contributed by atoms with E-state index in [2.05, 4.69) is 32.2 Å². The first kappa shape index (κ1) is 14.4. The molecular formula is C16H26N2O. The normalized spacial score (nSPS) is 21.2. The maximum absolute atomic E-state index is 6.55. The molecule has 0 spiro atoms. The summed E-state index contributed by atoms with van der Waals surface area (Å²) >= 11 is 0. The van der Waals surface area contributed by atoms with Gasteiger partial charge in [-0.2, -0.15) is 0 Å². The second kappa shape index (κ2) is 5.93. The quantitative estimate of drug-likeness (QED) is 0.880. The summed E-state index contributed by atoms with van der Waals surface area (Å²) in [5, 5.41) is 3.46. The smallest absolute Gasteiger partial charge is 0.122 e. The molecule has 0 radical (unpaired) electrons. The largest absolute Gasteiger partial charge is 0.496 e. The Balaban J connectivity index is 2.35. The Morgan fingerprint density at radius 3 is 2.63 bits per heavy atom. The molecule has 0 aliphatic carbocycles. The third-order valence-electron chi connectivity index (χ3n) is 4.50. The van der Waals surface area contributed by atoms with Crippen LogP contribution < -0.4 is 15.8 Å². The maximum Gasteiger partial charge on any atom is 0.122 e. The second-order valence-corrected chi connectivity index (χ2v) is 5.69. The van der Waals surface area contributed by atoms with Crippen molar-refractivity contribution in [1.82, 2.24) is 5.32 Å². The summed E-state index contributed by atoms with van der Waals surface area (Å²) in [5.74, 6) is 1.51. The minimum absolute atomic E-state index is 0.123. The fraction of sp³-hybridized carbons (Fsp3) is 0.625. The molecule has 3 heteroatoms. The molecule has 0 bridgehead atoms. The van der Waals surface area contributed by atoms with E-state index >= 15 is 0 Å². The number of hydrogen-bond acceptors (Lipinski definition) is 3. The van der Waals surface area contributed by atoms with Crippen LogP contribution in [-0.2, 0) is 0 Å². The van der Waals surface area contributed by atoms with Crippen LogP contribution in [0.3, 0.4) is 0 Å². The third-order valence-corrected chi connectivity index (χ3v) is 4.50. The molecule has 3 N–H and O–H groups in total. The van der Waals surface area contributed by atoms with Gasteiger partial charge in [-0.05, 0) is 80.9 Å². The fourth-order valence-corrected chi connectivity index (χ4v) is 3.21. The Bertz CT molecular complexity index is 451. The van der Waals surface area contributed by atoms with Gasteiger partial charge in [-0.3, -0.25) is 0 Å². The van der Waals surface area contributed by atoms with Gasteiger partial charge in [0.1, 0.15) is 5.75 Å². The highest BCUT2D eigenvalue weighted by atomic mass is 16.5. The molecule has 19 heavy (non-hydrogen) atoms. The summed E-state index contributed by atoms with van der Waals surface area (Å²) in [6.45, 7) is 8.58. The zero-order valence-electron chi connectivity index (χ0n) is 12.5. The monoisotopic (exact) mass is 262 g/mol. The average molecular weight is 262 g/mol. The molecule has 0 saturated carbocycles. The Kier molecular flexibility index (Phi) is 4.48. The first-order valence-electron chi connectivity index (χ1n) is 7.17. The Morgan fingerprint density at radius 1 is 1.32 bits per heavy atom. The number of ether oxygens (including phenoxy) is 1.